The average Bonchev–Trinajstić information content (AvgIpc) is 2.84. The van der Waals surface area contributed by atoms with E-state index in [1.807, 2.05) is 31.3 Å². The van der Waals surface area contributed by atoms with Crippen LogP contribution in [0.1, 0.15) is 31.4 Å². The quantitative estimate of drug-likeness (QED) is 0.895. The van der Waals surface area contributed by atoms with E-state index in [2.05, 4.69) is 17.3 Å². The lowest BCUT2D eigenvalue weighted by Crippen LogP contribution is -2.41. The average molecular weight is 291 g/mol. The van der Waals surface area contributed by atoms with Crippen LogP contribution in [0.5, 0.6) is 0 Å². The van der Waals surface area contributed by atoms with Crippen LogP contribution in [0.25, 0.3) is 0 Å². The molecule has 1 heterocycles. The minimum absolute atomic E-state index is 0.0971. The normalized spacial score (nSPS) is 20.3. The van der Waals surface area contributed by atoms with Crippen LogP contribution in [0.15, 0.2) is 24.3 Å². The molecule has 5 heteroatoms. The van der Waals surface area contributed by atoms with Gasteiger partial charge in [-0.15, -0.1) is 0 Å². The van der Waals surface area contributed by atoms with Gasteiger partial charge < -0.3 is 20.2 Å². The summed E-state index contributed by atoms with van der Waals surface area (Å²) in [5.74, 6) is 0. The number of carbonyl (C=O) groups excluding carboxylic acids is 1. The fourth-order valence-electron chi connectivity index (χ4n) is 2.67. The second-order valence-electron chi connectivity index (χ2n) is 5.89. The molecule has 5 nitrogen and oxygen atoms in total. The molecule has 21 heavy (non-hydrogen) atoms. The molecule has 0 radical (unpaired) electrons. The first-order chi connectivity index (χ1) is 9.97. The van der Waals surface area contributed by atoms with Crippen molar-refractivity contribution in [3.8, 4) is 0 Å². The molecule has 1 aromatic rings. The van der Waals surface area contributed by atoms with E-state index in [9.17, 15) is 9.90 Å². The maximum Gasteiger partial charge on any atom is 0.321 e. The maximum atomic E-state index is 12.2. The fourth-order valence-corrected chi connectivity index (χ4v) is 2.67. The Morgan fingerprint density at radius 2 is 2.14 bits per heavy atom. The predicted octanol–water partition coefficient (Wildman–Crippen LogP) is 2.30. The number of rotatable bonds is 4. The monoisotopic (exact) mass is 291 g/mol. The van der Waals surface area contributed by atoms with E-state index in [1.54, 1.807) is 11.8 Å². The molecule has 1 saturated heterocycles. The lowest BCUT2D eigenvalue weighted by atomic mass is 10.1. The van der Waals surface area contributed by atoms with Gasteiger partial charge in [0.05, 0.1) is 6.10 Å². The molecule has 1 aliphatic rings. The van der Waals surface area contributed by atoms with Crippen molar-refractivity contribution >= 4 is 11.7 Å². The number of urea groups is 1. The van der Waals surface area contributed by atoms with Crippen molar-refractivity contribution in [3.63, 3.8) is 0 Å². The number of aliphatic hydroxyl groups is 1. The third kappa shape index (κ3) is 4.19. The van der Waals surface area contributed by atoms with Crippen LogP contribution in [-0.2, 0) is 0 Å². The maximum absolute atomic E-state index is 12.2. The van der Waals surface area contributed by atoms with Crippen LogP contribution >= 0.6 is 0 Å². The van der Waals surface area contributed by atoms with E-state index in [-0.39, 0.29) is 6.03 Å². The smallest absolute Gasteiger partial charge is 0.321 e. The summed E-state index contributed by atoms with van der Waals surface area (Å²) in [6, 6.07) is 7.64. The zero-order valence-electron chi connectivity index (χ0n) is 13.0. The molecule has 2 rings (SSSR count). The topological polar surface area (TPSA) is 55.8 Å². The first-order valence-electron chi connectivity index (χ1n) is 7.47. The molecule has 0 aliphatic carbocycles. The van der Waals surface area contributed by atoms with Gasteiger partial charge in [-0.2, -0.15) is 0 Å². The molecule has 0 aromatic heterocycles. The van der Waals surface area contributed by atoms with Gasteiger partial charge in [0.25, 0.3) is 0 Å². The Labute approximate surface area is 126 Å². The Bertz CT molecular complexity index is 473. The predicted molar refractivity (Wildman–Crippen MR) is 84.4 cm³/mol. The van der Waals surface area contributed by atoms with E-state index in [4.69, 9.17) is 0 Å². The van der Waals surface area contributed by atoms with Crippen molar-refractivity contribution in [2.24, 2.45) is 0 Å². The van der Waals surface area contributed by atoms with Crippen molar-refractivity contribution in [1.29, 1.82) is 0 Å². The third-order valence-corrected chi connectivity index (χ3v) is 4.15. The van der Waals surface area contributed by atoms with E-state index in [1.165, 1.54) is 6.42 Å². The molecule has 1 fully saturated rings. The van der Waals surface area contributed by atoms with Gasteiger partial charge in [0.2, 0.25) is 0 Å². The standard InChI is InChI=1S/C16H25N3O2/c1-12(20)13-6-8-14(9-7-13)17-16(21)19(3)11-15-5-4-10-18(15)2/h6-9,12,15,20H,4-5,10-11H2,1-3H3,(H,17,21). The number of anilines is 1. The van der Waals surface area contributed by atoms with Crippen LogP contribution in [-0.4, -0.2) is 54.2 Å². The first-order valence-corrected chi connectivity index (χ1v) is 7.47. The summed E-state index contributed by atoms with van der Waals surface area (Å²) in [6.07, 6.45) is 1.87. The molecular weight excluding hydrogens is 266 g/mol. The summed E-state index contributed by atoms with van der Waals surface area (Å²) in [7, 11) is 3.93. The number of aliphatic hydroxyl groups excluding tert-OH is 1. The molecule has 1 aromatic carbocycles. The molecule has 0 spiro atoms. The summed E-state index contributed by atoms with van der Waals surface area (Å²) in [6.45, 7) is 3.58. The Morgan fingerprint density at radius 3 is 2.67 bits per heavy atom. The summed E-state index contributed by atoms with van der Waals surface area (Å²) >= 11 is 0. The number of hydrogen-bond acceptors (Lipinski definition) is 3. The van der Waals surface area contributed by atoms with E-state index in [0.717, 1.165) is 30.8 Å². The summed E-state index contributed by atoms with van der Waals surface area (Å²) < 4.78 is 0. The van der Waals surface area contributed by atoms with Crippen molar-refractivity contribution < 1.29 is 9.90 Å². The zero-order chi connectivity index (χ0) is 15.4. The van der Waals surface area contributed by atoms with Crippen LogP contribution in [0, 0.1) is 0 Å². The van der Waals surface area contributed by atoms with Gasteiger partial charge in [0.1, 0.15) is 0 Å². The molecule has 2 N–H and O–H groups in total. The zero-order valence-corrected chi connectivity index (χ0v) is 13.0. The summed E-state index contributed by atoms with van der Waals surface area (Å²) in [5, 5.41) is 12.4. The van der Waals surface area contributed by atoms with E-state index < -0.39 is 6.10 Å². The van der Waals surface area contributed by atoms with Crippen LogP contribution in [0.4, 0.5) is 10.5 Å². The number of carbonyl (C=O) groups is 1. The number of amides is 2. The molecule has 2 atom stereocenters. The number of hydrogen-bond donors (Lipinski definition) is 2. The largest absolute Gasteiger partial charge is 0.389 e. The first kappa shape index (κ1) is 15.8. The van der Waals surface area contributed by atoms with Crippen molar-refractivity contribution in [2.45, 2.75) is 31.9 Å². The number of nitrogens with zero attached hydrogens (tertiary/aromatic N) is 2. The van der Waals surface area contributed by atoms with Crippen LogP contribution < -0.4 is 5.32 Å². The van der Waals surface area contributed by atoms with Gasteiger partial charge in [-0.3, -0.25) is 0 Å². The Kier molecular flexibility index (Phi) is 5.20. The SMILES string of the molecule is CC(O)c1ccc(NC(=O)N(C)CC2CCCN2C)cc1. The minimum Gasteiger partial charge on any atom is -0.389 e. The second-order valence-corrected chi connectivity index (χ2v) is 5.89. The summed E-state index contributed by atoms with van der Waals surface area (Å²) in [4.78, 5) is 16.2. The number of benzene rings is 1. The van der Waals surface area contributed by atoms with Gasteiger partial charge in [-0.1, -0.05) is 12.1 Å². The van der Waals surface area contributed by atoms with Gasteiger partial charge in [0, 0.05) is 25.3 Å². The highest BCUT2D eigenvalue weighted by Crippen LogP contribution is 2.17. The lowest BCUT2D eigenvalue weighted by molar-refractivity contribution is 0.199. The Morgan fingerprint density at radius 1 is 1.48 bits per heavy atom. The molecular formula is C16H25N3O2. The molecule has 0 bridgehead atoms. The molecule has 2 amide bonds. The van der Waals surface area contributed by atoms with Crippen molar-refractivity contribution in [2.75, 3.05) is 32.5 Å². The van der Waals surface area contributed by atoms with Crippen LogP contribution in [0.2, 0.25) is 0 Å². The highest BCUT2D eigenvalue weighted by molar-refractivity contribution is 5.89. The number of nitrogens with one attached hydrogen (secondary N) is 1. The van der Waals surface area contributed by atoms with Crippen LogP contribution in [0.3, 0.4) is 0 Å². The second kappa shape index (κ2) is 6.91. The minimum atomic E-state index is -0.490. The fraction of sp³-hybridized carbons (Fsp3) is 0.562. The van der Waals surface area contributed by atoms with Crippen molar-refractivity contribution in [3.05, 3.63) is 29.8 Å². The van der Waals surface area contributed by atoms with E-state index >= 15 is 0 Å². The number of likely N-dealkylation sites (N-methyl/N-ethyl adjacent to an activating group) is 2. The highest BCUT2D eigenvalue weighted by atomic mass is 16.3. The van der Waals surface area contributed by atoms with Gasteiger partial charge in [-0.05, 0) is 51.1 Å². The van der Waals surface area contributed by atoms with Gasteiger partial charge in [-0.25, -0.2) is 4.79 Å². The van der Waals surface area contributed by atoms with Gasteiger partial charge >= 0.3 is 6.03 Å². The molecule has 116 valence electrons. The highest BCUT2D eigenvalue weighted by Gasteiger charge is 2.23. The Hall–Kier alpha value is -1.59. The molecule has 1 aliphatic heterocycles. The van der Waals surface area contributed by atoms with E-state index in [0.29, 0.717) is 6.04 Å². The number of likely N-dealkylation sites (tertiary alicyclic amines) is 1. The Balaban J connectivity index is 1.88. The molecule has 0 saturated carbocycles. The van der Waals surface area contributed by atoms with Gasteiger partial charge in [0.15, 0.2) is 0 Å². The third-order valence-electron chi connectivity index (χ3n) is 4.15. The summed E-state index contributed by atoms with van der Waals surface area (Å²) in [5.41, 5.74) is 1.59. The lowest BCUT2D eigenvalue weighted by Gasteiger charge is -2.26. The van der Waals surface area contributed by atoms with Crippen molar-refractivity contribution in [1.82, 2.24) is 9.80 Å². The molecule has 2 unspecified atom stereocenters.